The van der Waals surface area contributed by atoms with E-state index in [1.807, 2.05) is 18.2 Å². The molecule has 5 heteroatoms. The molecule has 1 heterocycles. The largest absolute Gasteiger partial charge is 0.396 e. The van der Waals surface area contributed by atoms with Crippen LogP contribution in [0.3, 0.4) is 0 Å². The van der Waals surface area contributed by atoms with Crippen molar-refractivity contribution >= 4 is 17.7 Å². The highest BCUT2D eigenvalue weighted by atomic mass is 16.5. The normalized spacial score (nSPS) is 19.8. The highest BCUT2D eigenvalue weighted by Gasteiger charge is 2.41. The van der Waals surface area contributed by atoms with E-state index < -0.39 is 0 Å². The SMILES string of the molecule is O=C(/C=C/c1ccc(N2CCOCC2)cc1)NCC1(CO)CC1. The van der Waals surface area contributed by atoms with Gasteiger partial charge in [-0.05, 0) is 36.6 Å². The average Bonchev–Trinajstić information content (AvgIpc) is 3.40. The maximum atomic E-state index is 11.8. The van der Waals surface area contributed by atoms with Crippen molar-refractivity contribution in [3.63, 3.8) is 0 Å². The van der Waals surface area contributed by atoms with E-state index in [2.05, 4.69) is 22.3 Å². The number of benzene rings is 1. The van der Waals surface area contributed by atoms with Crippen LogP contribution in [0.5, 0.6) is 0 Å². The molecule has 1 aromatic carbocycles. The fraction of sp³-hybridized carbons (Fsp3) is 0.500. The molecule has 0 atom stereocenters. The van der Waals surface area contributed by atoms with Gasteiger partial charge in [0.15, 0.2) is 0 Å². The number of hydrogen-bond donors (Lipinski definition) is 2. The molecule has 1 aliphatic heterocycles. The van der Waals surface area contributed by atoms with Gasteiger partial charge in [0.1, 0.15) is 0 Å². The highest BCUT2D eigenvalue weighted by Crippen LogP contribution is 2.44. The number of ether oxygens (including phenoxy) is 1. The summed E-state index contributed by atoms with van der Waals surface area (Å²) < 4.78 is 5.36. The van der Waals surface area contributed by atoms with Crippen molar-refractivity contribution in [2.45, 2.75) is 12.8 Å². The summed E-state index contributed by atoms with van der Waals surface area (Å²) in [6, 6.07) is 8.19. The summed E-state index contributed by atoms with van der Waals surface area (Å²) in [7, 11) is 0. The van der Waals surface area contributed by atoms with Crippen LogP contribution in [0, 0.1) is 5.41 Å². The number of nitrogens with zero attached hydrogens (tertiary/aromatic N) is 1. The van der Waals surface area contributed by atoms with E-state index in [0.717, 1.165) is 44.7 Å². The van der Waals surface area contributed by atoms with E-state index in [9.17, 15) is 9.90 Å². The Balaban J connectivity index is 1.50. The van der Waals surface area contributed by atoms with Gasteiger partial charge >= 0.3 is 0 Å². The minimum Gasteiger partial charge on any atom is -0.396 e. The summed E-state index contributed by atoms with van der Waals surface area (Å²) in [4.78, 5) is 14.1. The second kappa shape index (κ2) is 7.15. The molecule has 0 radical (unpaired) electrons. The van der Waals surface area contributed by atoms with Gasteiger partial charge in [-0.3, -0.25) is 4.79 Å². The summed E-state index contributed by atoms with van der Waals surface area (Å²) in [5.41, 5.74) is 2.14. The van der Waals surface area contributed by atoms with Crippen molar-refractivity contribution in [1.29, 1.82) is 0 Å². The van der Waals surface area contributed by atoms with E-state index in [1.165, 1.54) is 5.69 Å². The first kappa shape index (κ1) is 16.0. The highest BCUT2D eigenvalue weighted by molar-refractivity contribution is 5.91. The minimum atomic E-state index is -0.109. The van der Waals surface area contributed by atoms with E-state index in [4.69, 9.17) is 4.74 Å². The molecule has 3 rings (SSSR count). The Bertz CT molecular complexity index is 558. The smallest absolute Gasteiger partial charge is 0.244 e. The fourth-order valence-corrected chi connectivity index (χ4v) is 2.69. The number of hydrogen-bond acceptors (Lipinski definition) is 4. The first-order chi connectivity index (χ1) is 11.2. The molecule has 2 aliphatic rings. The topological polar surface area (TPSA) is 61.8 Å². The van der Waals surface area contributed by atoms with Crippen molar-refractivity contribution in [2.75, 3.05) is 44.4 Å². The minimum absolute atomic E-state index is 0.0523. The number of aliphatic hydroxyl groups is 1. The molecular formula is C18H24N2O3. The van der Waals surface area contributed by atoms with Crippen LogP contribution < -0.4 is 10.2 Å². The lowest BCUT2D eigenvalue weighted by molar-refractivity contribution is -0.116. The van der Waals surface area contributed by atoms with Gasteiger partial charge in [-0.25, -0.2) is 0 Å². The zero-order chi connectivity index (χ0) is 16.1. The molecule has 23 heavy (non-hydrogen) atoms. The van der Waals surface area contributed by atoms with Crippen molar-refractivity contribution in [3.8, 4) is 0 Å². The molecule has 5 nitrogen and oxygen atoms in total. The van der Waals surface area contributed by atoms with Gasteiger partial charge in [-0.1, -0.05) is 12.1 Å². The van der Waals surface area contributed by atoms with Crippen molar-refractivity contribution < 1.29 is 14.6 Å². The molecule has 1 amide bonds. The van der Waals surface area contributed by atoms with Gasteiger partial charge < -0.3 is 20.1 Å². The Morgan fingerprint density at radius 2 is 1.96 bits per heavy atom. The van der Waals surface area contributed by atoms with Crippen molar-refractivity contribution in [1.82, 2.24) is 5.32 Å². The standard InChI is InChI=1S/C18H24N2O3/c21-14-18(7-8-18)13-19-17(22)6-3-15-1-4-16(5-2-15)20-9-11-23-12-10-20/h1-6,21H,7-14H2,(H,19,22)/b6-3+. The average molecular weight is 316 g/mol. The Labute approximate surface area is 136 Å². The lowest BCUT2D eigenvalue weighted by atomic mass is 10.1. The summed E-state index contributed by atoms with van der Waals surface area (Å²) in [6.45, 7) is 4.10. The Kier molecular flexibility index (Phi) is 4.98. The third-order valence-electron chi connectivity index (χ3n) is 4.63. The number of amides is 1. The van der Waals surface area contributed by atoms with E-state index in [1.54, 1.807) is 6.08 Å². The predicted octanol–water partition coefficient (Wildman–Crippen LogP) is 1.43. The number of carbonyl (C=O) groups excluding carboxylic acids is 1. The molecule has 1 saturated heterocycles. The van der Waals surface area contributed by atoms with E-state index in [-0.39, 0.29) is 17.9 Å². The number of rotatable bonds is 6. The monoisotopic (exact) mass is 316 g/mol. The second-order valence-electron chi connectivity index (χ2n) is 6.40. The molecule has 0 spiro atoms. The Morgan fingerprint density at radius 3 is 2.57 bits per heavy atom. The van der Waals surface area contributed by atoms with Crippen LogP contribution in [0.4, 0.5) is 5.69 Å². The zero-order valence-corrected chi connectivity index (χ0v) is 13.3. The van der Waals surface area contributed by atoms with Crippen LogP contribution in [0.15, 0.2) is 30.3 Å². The first-order valence-corrected chi connectivity index (χ1v) is 8.20. The van der Waals surface area contributed by atoms with Crippen LogP contribution in [-0.4, -0.2) is 50.5 Å². The maximum absolute atomic E-state index is 11.8. The molecule has 0 aromatic heterocycles. The fourth-order valence-electron chi connectivity index (χ4n) is 2.69. The number of morpholine rings is 1. The molecule has 0 unspecified atom stereocenters. The van der Waals surface area contributed by atoms with Gasteiger partial charge in [0.05, 0.1) is 19.8 Å². The number of nitrogens with one attached hydrogen (secondary N) is 1. The molecule has 1 aliphatic carbocycles. The molecule has 2 N–H and O–H groups in total. The summed E-state index contributed by atoms with van der Waals surface area (Å²) in [5.74, 6) is -0.109. The summed E-state index contributed by atoms with van der Waals surface area (Å²) in [6.07, 6.45) is 5.36. The third-order valence-corrected chi connectivity index (χ3v) is 4.63. The number of anilines is 1. The van der Waals surface area contributed by atoms with Crippen LogP contribution >= 0.6 is 0 Å². The third kappa shape index (κ3) is 4.33. The second-order valence-corrected chi connectivity index (χ2v) is 6.40. The van der Waals surface area contributed by atoms with Gasteiger partial charge in [-0.15, -0.1) is 0 Å². The van der Waals surface area contributed by atoms with Crippen LogP contribution in [0.1, 0.15) is 18.4 Å². The lowest BCUT2D eigenvalue weighted by Gasteiger charge is -2.28. The van der Waals surface area contributed by atoms with Crippen LogP contribution in [0.2, 0.25) is 0 Å². The molecule has 1 aromatic rings. The van der Waals surface area contributed by atoms with Gasteiger partial charge in [0.25, 0.3) is 0 Å². The van der Waals surface area contributed by atoms with Gasteiger partial charge in [0, 0.05) is 36.8 Å². The first-order valence-electron chi connectivity index (χ1n) is 8.20. The summed E-state index contributed by atoms with van der Waals surface area (Å²) in [5, 5.41) is 12.1. The van der Waals surface area contributed by atoms with Crippen molar-refractivity contribution in [3.05, 3.63) is 35.9 Å². The number of aliphatic hydroxyl groups excluding tert-OH is 1. The lowest BCUT2D eigenvalue weighted by Crippen LogP contribution is -2.36. The van der Waals surface area contributed by atoms with Gasteiger partial charge in [-0.2, -0.15) is 0 Å². The van der Waals surface area contributed by atoms with Gasteiger partial charge in [0.2, 0.25) is 5.91 Å². The van der Waals surface area contributed by atoms with E-state index >= 15 is 0 Å². The molecule has 1 saturated carbocycles. The maximum Gasteiger partial charge on any atom is 0.244 e. The predicted molar refractivity (Wildman–Crippen MR) is 90.3 cm³/mol. The Morgan fingerprint density at radius 1 is 1.26 bits per heavy atom. The Hall–Kier alpha value is -1.85. The quantitative estimate of drug-likeness (QED) is 0.779. The van der Waals surface area contributed by atoms with Crippen LogP contribution in [-0.2, 0) is 9.53 Å². The molecule has 124 valence electrons. The summed E-state index contributed by atoms with van der Waals surface area (Å²) >= 11 is 0. The van der Waals surface area contributed by atoms with Crippen LogP contribution in [0.25, 0.3) is 6.08 Å². The molecular weight excluding hydrogens is 292 g/mol. The van der Waals surface area contributed by atoms with E-state index in [0.29, 0.717) is 6.54 Å². The number of carbonyl (C=O) groups is 1. The molecule has 0 bridgehead atoms. The zero-order valence-electron chi connectivity index (χ0n) is 13.3. The molecule has 2 fully saturated rings. The van der Waals surface area contributed by atoms with Crippen molar-refractivity contribution in [2.24, 2.45) is 5.41 Å².